The number of alkyl halides is 1. The Balaban J connectivity index is 1.72. The zero-order valence-electron chi connectivity index (χ0n) is 16.9. The topological polar surface area (TPSA) is 146 Å². The Kier molecular flexibility index (Phi) is 5.77. The van der Waals surface area contributed by atoms with Crippen molar-refractivity contribution < 1.29 is 27.0 Å². The van der Waals surface area contributed by atoms with Gasteiger partial charge in [-0.25, -0.2) is 17.5 Å². The van der Waals surface area contributed by atoms with Crippen molar-refractivity contribution in [2.75, 3.05) is 32.2 Å². The summed E-state index contributed by atoms with van der Waals surface area (Å²) in [6.07, 6.45) is 4.37. The number of rotatable bonds is 9. The van der Waals surface area contributed by atoms with Crippen molar-refractivity contribution in [1.29, 1.82) is 0 Å². The second-order valence-electron chi connectivity index (χ2n) is 6.21. The van der Waals surface area contributed by atoms with Crippen LogP contribution in [0.15, 0.2) is 41.7 Å². The van der Waals surface area contributed by atoms with E-state index >= 15 is 0 Å². The number of ether oxygens (including phenoxy) is 3. The van der Waals surface area contributed by atoms with Crippen LogP contribution < -0.4 is 18.9 Å². The first-order valence-electron chi connectivity index (χ1n) is 9.17. The number of aromatic amines is 1. The minimum Gasteiger partial charge on any atom is -0.481 e. The first-order chi connectivity index (χ1) is 15.5. The van der Waals surface area contributed by atoms with Crippen LogP contribution in [-0.2, 0) is 10.0 Å². The Hall–Kier alpha value is -3.94. The maximum absolute atomic E-state index is 13.1. The van der Waals surface area contributed by atoms with Crippen LogP contribution >= 0.6 is 0 Å². The maximum atomic E-state index is 13.1. The zero-order valence-corrected chi connectivity index (χ0v) is 17.8. The number of hydrogen-bond donors (Lipinski definition) is 2. The Morgan fingerprint density at radius 2 is 1.81 bits per heavy atom. The number of fused-ring (bicyclic) bond motifs is 1. The molecule has 0 atom stereocenters. The molecule has 0 saturated heterocycles. The molecule has 2 N–H and O–H groups in total. The van der Waals surface area contributed by atoms with Crippen molar-refractivity contribution in [3.05, 3.63) is 36.8 Å². The lowest BCUT2D eigenvalue weighted by atomic mass is 10.2. The molecule has 4 rings (SSSR count). The maximum Gasteiger partial charge on any atom is 0.266 e. The average Bonchev–Trinajstić information content (AvgIpc) is 3.47. The Labute approximate surface area is 181 Å². The molecule has 0 aliphatic carbocycles. The van der Waals surface area contributed by atoms with Crippen molar-refractivity contribution in [2.45, 2.75) is 4.90 Å². The molecule has 0 saturated carbocycles. The highest BCUT2D eigenvalue weighted by atomic mass is 32.2. The molecule has 0 aliphatic rings. The third-order valence-corrected chi connectivity index (χ3v) is 5.69. The summed E-state index contributed by atoms with van der Waals surface area (Å²) >= 11 is 0. The fraction of sp³-hybridized carbons (Fsp3) is 0.222. The molecule has 0 spiro atoms. The molecule has 3 heterocycles. The fourth-order valence-electron chi connectivity index (χ4n) is 3.01. The van der Waals surface area contributed by atoms with Crippen LogP contribution in [0.25, 0.3) is 16.6 Å². The van der Waals surface area contributed by atoms with Crippen molar-refractivity contribution in [1.82, 2.24) is 29.9 Å². The van der Waals surface area contributed by atoms with Crippen molar-refractivity contribution in [3.63, 3.8) is 0 Å². The van der Waals surface area contributed by atoms with Crippen LogP contribution in [0.3, 0.4) is 0 Å². The number of H-pyrrole nitrogens is 1. The molecule has 4 aromatic rings. The number of para-hydroxylation sites is 1. The van der Waals surface area contributed by atoms with E-state index in [0.717, 1.165) is 0 Å². The lowest BCUT2D eigenvalue weighted by Crippen LogP contribution is -2.16. The molecule has 1 aromatic carbocycles. The fourth-order valence-corrected chi connectivity index (χ4v) is 4.13. The number of anilines is 1. The minimum atomic E-state index is -4.13. The van der Waals surface area contributed by atoms with Crippen LogP contribution in [0.1, 0.15) is 0 Å². The molecule has 0 fully saturated rings. The summed E-state index contributed by atoms with van der Waals surface area (Å²) < 4.78 is 56.5. The van der Waals surface area contributed by atoms with E-state index in [2.05, 4.69) is 29.9 Å². The van der Waals surface area contributed by atoms with Crippen LogP contribution in [0, 0.1) is 0 Å². The summed E-state index contributed by atoms with van der Waals surface area (Å²) in [4.78, 5) is 12.3. The van der Waals surface area contributed by atoms with E-state index in [4.69, 9.17) is 14.2 Å². The van der Waals surface area contributed by atoms with Crippen LogP contribution in [0.2, 0.25) is 0 Å². The second kappa shape index (κ2) is 8.66. The SMILES string of the molecule is COc1nc(NS(=O)(=O)c2c[nH]c3c(-n4nccn4)cccc23)nc(OC)c1OCCF. The number of halogens is 1. The van der Waals surface area contributed by atoms with Gasteiger partial charge < -0.3 is 19.2 Å². The first kappa shape index (κ1) is 21.3. The third-order valence-electron chi connectivity index (χ3n) is 4.32. The van der Waals surface area contributed by atoms with E-state index in [1.165, 1.54) is 37.6 Å². The summed E-state index contributed by atoms with van der Waals surface area (Å²) in [5.74, 6) is -0.590. The van der Waals surface area contributed by atoms with Gasteiger partial charge in [0.15, 0.2) is 0 Å². The number of nitrogens with zero attached hydrogens (tertiary/aromatic N) is 5. The molecule has 14 heteroatoms. The number of sulfonamides is 1. The lowest BCUT2D eigenvalue weighted by Gasteiger charge is -2.14. The lowest BCUT2D eigenvalue weighted by molar-refractivity contribution is 0.240. The van der Waals surface area contributed by atoms with Gasteiger partial charge in [0.25, 0.3) is 21.8 Å². The molecule has 12 nitrogen and oxygen atoms in total. The van der Waals surface area contributed by atoms with Gasteiger partial charge in [0, 0.05) is 11.6 Å². The highest BCUT2D eigenvalue weighted by molar-refractivity contribution is 7.93. The molecular formula is C18H18FN7O5S. The van der Waals surface area contributed by atoms with Crippen molar-refractivity contribution >= 4 is 26.9 Å². The Morgan fingerprint density at radius 3 is 2.44 bits per heavy atom. The Morgan fingerprint density at radius 1 is 1.12 bits per heavy atom. The first-order valence-corrected chi connectivity index (χ1v) is 10.6. The van der Waals surface area contributed by atoms with Gasteiger partial charge in [0.05, 0.1) is 32.1 Å². The summed E-state index contributed by atoms with van der Waals surface area (Å²) in [6, 6.07) is 5.08. The molecule has 0 bridgehead atoms. The quantitative estimate of drug-likeness (QED) is 0.379. The highest BCUT2D eigenvalue weighted by Gasteiger charge is 2.25. The molecule has 0 amide bonds. The molecule has 0 unspecified atom stereocenters. The van der Waals surface area contributed by atoms with Gasteiger partial charge >= 0.3 is 0 Å². The Bertz CT molecular complexity index is 1320. The van der Waals surface area contributed by atoms with E-state index in [9.17, 15) is 12.8 Å². The smallest absolute Gasteiger partial charge is 0.266 e. The van der Waals surface area contributed by atoms with Crippen molar-refractivity contribution in [3.8, 4) is 23.2 Å². The van der Waals surface area contributed by atoms with E-state index in [1.807, 2.05) is 0 Å². The number of benzene rings is 1. The van der Waals surface area contributed by atoms with Gasteiger partial charge in [-0.3, -0.25) is 0 Å². The van der Waals surface area contributed by atoms with E-state index in [1.54, 1.807) is 18.2 Å². The summed E-state index contributed by atoms with van der Waals surface area (Å²) in [7, 11) is -1.53. The summed E-state index contributed by atoms with van der Waals surface area (Å²) in [5, 5.41) is 8.57. The molecule has 32 heavy (non-hydrogen) atoms. The van der Waals surface area contributed by atoms with E-state index in [-0.39, 0.29) is 35.0 Å². The van der Waals surface area contributed by atoms with E-state index < -0.39 is 16.7 Å². The number of methoxy groups -OCH3 is 2. The van der Waals surface area contributed by atoms with Crippen LogP contribution in [-0.4, -0.2) is 65.9 Å². The largest absolute Gasteiger partial charge is 0.481 e. The van der Waals surface area contributed by atoms with Crippen LogP contribution in [0.4, 0.5) is 10.3 Å². The van der Waals surface area contributed by atoms with Crippen LogP contribution in [0.5, 0.6) is 17.5 Å². The number of aromatic nitrogens is 6. The molecule has 3 aromatic heterocycles. The van der Waals surface area contributed by atoms with Gasteiger partial charge in [0.2, 0.25) is 11.7 Å². The zero-order chi connectivity index (χ0) is 22.7. The monoisotopic (exact) mass is 463 g/mol. The summed E-state index contributed by atoms with van der Waals surface area (Å²) in [5.41, 5.74) is 1.10. The predicted octanol–water partition coefficient (Wildman–Crippen LogP) is 1.70. The molecule has 168 valence electrons. The minimum absolute atomic E-state index is 0.0409. The second-order valence-corrected chi connectivity index (χ2v) is 7.86. The van der Waals surface area contributed by atoms with Gasteiger partial charge in [-0.1, -0.05) is 12.1 Å². The normalized spacial score (nSPS) is 11.5. The summed E-state index contributed by atoms with van der Waals surface area (Å²) in [6.45, 7) is -1.03. The standard InChI is InChI=1S/C18H18FN7O5S/c1-29-16-15(31-9-6-19)17(30-2)24-18(23-16)25-32(27,28)13-10-20-14-11(13)4-3-5-12(14)26-21-7-8-22-26/h3-5,7-8,10,20H,6,9H2,1-2H3,(H,23,24,25). The van der Waals surface area contributed by atoms with Gasteiger partial charge in [-0.05, 0) is 6.07 Å². The van der Waals surface area contributed by atoms with Crippen molar-refractivity contribution in [2.24, 2.45) is 0 Å². The van der Waals surface area contributed by atoms with Gasteiger partial charge in [-0.2, -0.15) is 20.2 Å². The number of hydrogen-bond acceptors (Lipinski definition) is 9. The third kappa shape index (κ3) is 3.87. The van der Waals surface area contributed by atoms with Gasteiger partial charge in [0.1, 0.15) is 23.9 Å². The highest BCUT2D eigenvalue weighted by Crippen LogP contribution is 2.36. The van der Waals surface area contributed by atoms with E-state index in [0.29, 0.717) is 16.6 Å². The molecule has 0 radical (unpaired) electrons. The predicted molar refractivity (Wildman–Crippen MR) is 111 cm³/mol. The molecule has 0 aliphatic heterocycles. The average molecular weight is 463 g/mol. The van der Waals surface area contributed by atoms with Gasteiger partial charge in [-0.15, -0.1) is 4.80 Å². The molecular weight excluding hydrogens is 445 g/mol. The number of nitrogens with one attached hydrogen (secondary N) is 2.